The van der Waals surface area contributed by atoms with Gasteiger partial charge in [-0.25, -0.2) is 9.59 Å². The van der Waals surface area contributed by atoms with Gasteiger partial charge < -0.3 is 14.8 Å². The second kappa shape index (κ2) is 9.15. The monoisotopic (exact) mass is 325 g/mol. The summed E-state index contributed by atoms with van der Waals surface area (Å²) >= 11 is 0. The summed E-state index contributed by atoms with van der Waals surface area (Å²) < 4.78 is 10.0. The van der Waals surface area contributed by atoms with E-state index in [1.165, 1.54) is 6.08 Å². The number of carbonyl (C=O) groups excluding carboxylic acids is 2. The third kappa shape index (κ3) is 5.61. The van der Waals surface area contributed by atoms with Crippen LogP contribution in [-0.2, 0) is 9.53 Å². The number of carbonyl (C=O) groups is 2. The Morgan fingerprint density at radius 2 is 1.67 bits per heavy atom. The van der Waals surface area contributed by atoms with Gasteiger partial charge in [-0.1, -0.05) is 48.5 Å². The number of esters is 1. The highest BCUT2D eigenvalue weighted by Crippen LogP contribution is 2.21. The van der Waals surface area contributed by atoms with Crippen LogP contribution in [0.5, 0.6) is 5.75 Å². The largest absolute Gasteiger partial charge is 0.461 e. The number of benzene rings is 2. The summed E-state index contributed by atoms with van der Waals surface area (Å²) in [4.78, 5) is 22.7. The van der Waals surface area contributed by atoms with Crippen molar-refractivity contribution in [2.75, 3.05) is 13.2 Å². The van der Waals surface area contributed by atoms with E-state index in [0.29, 0.717) is 5.75 Å². The molecule has 0 spiro atoms. The van der Waals surface area contributed by atoms with Crippen LogP contribution in [0.15, 0.2) is 66.7 Å². The van der Waals surface area contributed by atoms with Crippen molar-refractivity contribution < 1.29 is 19.1 Å². The van der Waals surface area contributed by atoms with Gasteiger partial charge in [0.2, 0.25) is 0 Å². The van der Waals surface area contributed by atoms with Crippen molar-refractivity contribution in [2.45, 2.75) is 6.92 Å². The zero-order chi connectivity index (χ0) is 17.2. The molecule has 0 fully saturated rings. The molecule has 0 aliphatic carbocycles. The van der Waals surface area contributed by atoms with Crippen molar-refractivity contribution in [3.8, 4) is 16.9 Å². The van der Waals surface area contributed by atoms with E-state index in [1.807, 2.05) is 42.5 Å². The first-order chi connectivity index (χ1) is 11.7. The fraction of sp³-hybridized carbons (Fsp3) is 0.158. The summed E-state index contributed by atoms with van der Waals surface area (Å²) in [6.45, 7) is 2.00. The van der Waals surface area contributed by atoms with E-state index < -0.39 is 12.1 Å². The van der Waals surface area contributed by atoms with Gasteiger partial charge in [0.1, 0.15) is 12.4 Å². The van der Waals surface area contributed by atoms with Crippen LogP contribution in [0.3, 0.4) is 0 Å². The highest BCUT2D eigenvalue weighted by Gasteiger charge is 2.05. The normalized spacial score (nSPS) is 10.4. The fourth-order valence-corrected chi connectivity index (χ4v) is 1.98. The summed E-state index contributed by atoms with van der Waals surface area (Å²) in [5, 5.41) is 2.51. The Morgan fingerprint density at radius 1 is 1.00 bits per heavy atom. The molecule has 0 bridgehead atoms. The molecular formula is C19H19NO4. The van der Waals surface area contributed by atoms with Gasteiger partial charge in [-0.05, 0) is 30.2 Å². The van der Waals surface area contributed by atoms with Gasteiger partial charge in [0.25, 0.3) is 0 Å². The minimum absolute atomic E-state index is 0.0885. The summed E-state index contributed by atoms with van der Waals surface area (Å²) in [6, 6.07) is 17.2. The van der Waals surface area contributed by atoms with Gasteiger partial charge in [0, 0.05) is 6.08 Å². The zero-order valence-electron chi connectivity index (χ0n) is 13.4. The predicted molar refractivity (Wildman–Crippen MR) is 91.7 cm³/mol. The van der Waals surface area contributed by atoms with Crippen molar-refractivity contribution in [2.24, 2.45) is 0 Å². The molecule has 1 amide bonds. The maximum atomic E-state index is 11.6. The van der Waals surface area contributed by atoms with Gasteiger partial charge in [0.15, 0.2) is 0 Å². The minimum atomic E-state index is -0.593. The lowest BCUT2D eigenvalue weighted by Gasteiger charge is -2.07. The maximum Gasteiger partial charge on any atom is 0.412 e. The molecular weight excluding hydrogens is 306 g/mol. The van der Waals surface area contributed by atoms with Crippen LogP contribution >= 0.6 is 0 Å². The van der Waals surface area contributed by atoms with Gasteiger partial charge in [-0.2, -0.15) is 0 Å². The number of rotatable bonds is 6. The van der Waals surface area contributed by atoms with E-state index in [-0.39, 0.29) is 13.2 Å². The van der Waals surface area contributed by atoms with Crippen molar-refractivity contribution in [1.29, 1.82) is 0 Å². The van der Waals surface area contributed by atoms with Crippen molar-refractivity contribution in [1.82, 2.24) is 5.32 Å². The van der Waals surface area contributed by atoms with Gasteiger partial charge in [-0.15, -0.1) is 0 Å². The zero-order valence-corrected chi connectivity index (χ0v) is 13.4. The molecule has 124 valence electrons. The molecule has 5 nitrogen and oxygen atoms in total. The second-order valence-electron chi connectivity index (χ2n) is 4.87. The molecule has 1 N–H and O–H groups in total. The molecule has 0 aromatic heterocycles. The Bertz CT molecular complexity index is 693. The lowest BCUT2D eigenvalue weighted by atomic mass is 10.1. The van der Waals surface area contributed by atoms with E-state index in [2.05, 4.69) is 5.32 Å². The van der Waals surface area contributed by atoms with Crippen LogP contribution in [0.1, 0.15) is 6.92 Å². The third-order valence-electron chi connectivity index (χ3n) is 3.09. The standard InChI is InChI=1S/C19H19NO4/c1-2-6-18(21)23-14-13-20-19(22)24-17-11-9-16(10-12-17)15-7-4-3-5-8-15/h2-12H,13-14H2,1H3,(H,20,22)/b6-2+. The lowest BCUT2D eigenvalue weighted by Crippen LogP contribution is -2.30. The van der Waals surface area contributed by atoms with E-state index in [4.69, 9.17) is 9.47 Å². The van der Waals surface area contributed by atoms with Crippen LogP contribution in [0.25, 0.3) is 11.1 Å². The number of allylic oxidation sites excluding steroid dienone is 1. The smallest absolute Gasteiger partial charge is 0.412 e. The molecule has 0 radical (unpaired) electrons. The van der Waals surface area contributed by atoms with Gasteiger partial charge in [-0.3, -0.25) is 0 Å². The van der Waals surface area contributed by atoms with E-state index in [9.17, 15) is 9.59 Å². The number of hydrogen-bond acceptors (Lipinski definition) is 4. The quantitative estimate of drug-likeness (QED) is 0.501. The van der Waals surface area contributed by atoms with Crippen LogP contribution in [-0.4, -0.2) is 25.2 Å². The third-order valence-corrected chi connectivity index (χ3v) is 3.09. The molecule has 0 heterocycles. The maximum absolute atomic E-state index is 11.6. The van der Waals surface area contributed by atoms with E-state index in [0.717, 1.165) is 11.1 Å². The number of amides is 1. The van der Waals surface area contributed by atoms with Crippen LogP contribution in [0.4, 0.5) is 4.79 Å². The minimum Gasteiger partial charge on any atom is -0.461 e. The Kier molecular flexibility index (Phi) is 6.58. The molecule has 0 unspecified atom stereocenters. The second-order valence-corrected chi connectivity index (χ2v) is 4.87. The molecule has 2 rings (SSSR count). The van der Waals surface area contributed by atoms with Crippen molar-refractivity contribution in [3.63, 3.8) is 0 Å². The SMILES string of the molecule is C/C=C/C(=O)OCCNC(=O)Oc1ccc(-c2ccccc2)cc1. The molecule has 5 heteroatoms. The molecule has 0 aliphatic heterocycles. The Balaban J connectivity index is 1.77. The molecule has 0 saturated carbocycles. The first kappa shape index (κ1) is 17.3. The van der Waals surface area contributed by atoms with Crippen LogP contribution < -0.4 is 10.1 Å². The summed E-state index contributed by atoms with van der Waals surface area (Å²) in [6.07, 6.45) is 2.31. The highest BCUT2D eigenvalue weighted by molar-refractivity contribution is 5.81. The van der Waals surface area contributed by atoms with Crippen molar-refractivity contribution in [3.05, 3.63) is 66.7 Å². The van der Waals surface area contributed by atoms with Crippen molar-refractivity contribution >= 4 is 12.1 Å². The Hall–Kier alpha value is -3.08. The summed E-state index contributed by atoms with van der Waals surface area (Å²) in [5.74, 6) is 0.00209. The molecule has 0 saturated heterocycles. The first-order valence-corrected chi connectivity index (χ1v) is 7.59. The van der Waals surface area contributed by atoms with Gasteiger partial charge >= 0.3 is 12.1 Å². The molecule has 24 heavy (non-hydrogen) atoms. The highest BCUT2D eigenvalue weighted by atomic mass is 16.6. The lowest BCUT2D eigenvalue weighted by molar-refractivity contribution is -0.137. The molecule has 2 aromatic rings. The topological polar surface area (TPSA) is 64.6 Å². The Morgan fingerprint density at radius 3 is 2.33 bits per heavy atom. The number of hydrogen-bond donors (Lipinski definition) is 1. The molecule has 2 aromatic carbocycles. The number of nitrogens with one attached hydrogen (secondary N) is 1. The average molecular weight is 325 g/mol. The molecule has 0 aliphatic rings. The van der Waals surface area contributed by atoms with E-state index >= 15 is 0 Å². The average Bonchev–Trinajstić information content (AvgIpc) is 2.60. The van der Waals surface area contributed by atoms with Crippen LogP contribution in [0, 0.1) is 0 Å². The summed E-state index contributed by atoms with van der Waals surface area (Å²) in [5.41, 5.74) is 2.13. The first-order valence-electron chi connectivity index (χ1n) is 7.59. The predicted octanol–water partition coefficient (Wildman–Crippen LogP) is 3.56. The number of ether oxygens (including phenoxy) is 2. The summed E-state index contributed by atoms with van der Waals surface area (Å²) in [7, 11) is 0. The molecule has 0 atom stereocenters. The fourth-order valence-electron chi connectivity index (χ4n) is 1.98. The van der Waals surface area contributed by atoms with Gasteiger partial charge in [0.05, 0.1) is 6.54 Å². The van der Waals surface area contributed by atoms with E-state index in [1.54, 1.807) is 25.1 Å². The Labute approximate surface area is 140 Å². The van der Waals surface area contributed by atoms with Crippen LogP contribution in [0.2, 0.25) is 0 Å².